The first kappa shape index (κ1) is 23.2. The second kappa shape index (κ2) is 10.2. The predicted molar refractivity (Wildman–Crippen MR) is 120 cm³/mol. The second-order valence-corrected chi connectivity index (χ2v) is 8.22. The SMILES string of the molecule is CN=C(NC#N)NCCCC1(c2ccccc2)SC(c2cc(F)ccc2F)=NN1C(C)=O. The summed E-state index contributed by atoms with van der Waals surface area (Å²) >= 11 is 1.22. The van der Waals surface area contributed by atoms with Gasteiger partial charge >= 0.3 is 0 Å². The van der Waals surface area contributed by atoms with Crippen LogP contribution in [0.1, 0.15) is 30.9 Å². The number of hydrogen-bond donors (Lipinski definition) is 2. The minimum Gasteiger partial charge on any atom is -0.356 e. The monoisotopic (exact) mass is 456 g/mol. The highest BCUT2D eigenvalue weighted by atomic mass is 32.2. The number of nitriles is 1. The average Bonchev–Trinajstić information content (AvgIpc) is 3.19. The van der Waals surface area contributed by atoms with Crippen molar-refractivity contribution in [1.29, 1.82) is 5.26 Å². The van der Waals surface area contributed by atoms with Gasteiger partial charge in [0.2, 0.25) is 11.9 Å². The van der Waals surface area contributed by atoms with Crippen molar-refractivity contribution in [1.82, 2.24) is 15.6 Å². The van der Waals surface area contributed by atoms with Gasteiger partial charge in [-0.15, -0.1) is 0 Å². The Balaban J connectivity index is 1.93. The molecule has 1 amide bonds. The van der Waals surface area contributed by atoms with Gasteiger partial charge < -0.3 is 5.32 Å². The maximum Gasteiger partial charge on any atom is 0.241 e. The predicted octanol–water partition coefficient (Wildman–Crippen LogP) is 3.50. The summed E-state index contributed by atoms with van der Waals surface area (Å²) in [6, 6.07) is 12.5. The number of thioether (sulfide) groups is 1. The molecule has 3 rings (SSSR count). The number of hydrazone groups is 1. The number of amides is 1. The van der Waals surface area contributed by atoms with Gasteiger partial charge in [0.1, 0.15) is 21.5 Å². The molecule has 0 saturated carbocycles. The van der Waals surface area contributed by atoms with Crippen LogP contribution in [0.2, 0.25) is 0 Å². The fraction of sp³-hybridized carbons (Fsp3) is 0.273. The van der Waals surface area contributed by atoms with E-state index in [9.17, 15) is 13.6 Å². The van der Waals surface area contributed by atoms with E-state index in [0.29, 0.717) is 25.3 Å². The lowest BCUT2D eigenvalue weighted by Gasteiger charge is -2.35. The summed E-state index contributed by atoms with van der Waals surface area (Å²) in [5.74, 6) is -1.18. The standard InChI is InChI=1S/C22H22F2N6OS/c1-15(31)30-22(16-7-4-3-5-8-16,11-6-12-27-21(26-2)28-14-25)32-20(29-30)18-13-17(23)9-10-19(18)24/h3-5,7-10,13H,6,11-12H2,1-2H3,(H2,26,27,28). The molecule has 0 fully saturated rings. The van der Waals surface area contributed by atoms with Gasteiger partial charge in [-0.3, -0.25) is 15.1 Å². The summed E-state index contributed by atoms with van der Waals surface area (Å²) in [5, 5.41) is 20.2. The molecule has 7 nitrogen and oxygen atoms in total. The van der Waals surface area contributed by atoms with Crippen molar-refractivity contribution in [3.8, 4) is 6.19 Å². The molecule has 1 aliphatic rings. The lowest BCUT2D eigenvalue weighted by atomic mass is 10.00. The van der Waals surface area contributed by atoms with E-state index < -0.39 is 16.5 Å². The zero-order chi connectivity index (χ0) is 23.1. The molecule has 0 aliphatic carbocycles. The fourth-order valence-electron chi connectivity index (χ4n) is 3.44. The van der Waals surface area contributed by atoms with Gasteiger partial charge in [-0.05, 0) is 36.6 Å². The van der Waals surface area contributed by atoms with Crippen LogP contribution in [0.15, 0.2) is 58.6 Å². The van der Waals surface area contributed by atoms with Crippen molar-refractivity contribution in [3.05, 3.63) is 71.3 Å². The third-order valence-electron chi connectivity index (χ3n) is 4.86. The van der Waals surface area contributed by atoms with Gasteiger partial charge in [0.05, 0.1) is 0 Å². The van der Waals surface area contributed by atoms with Gasteiger partial charge in [0.15, 0.2) is 6.19 Å². The lowest BCUT2D eigenvalue weighted by Crippen LogP contribution is -2.41. The summed E-state index contributed by atoms with van der Waals surface area (Å²) < 4.78 is 28.3. The Hall–Kier alpha value is -3.45. The van der Waals surface area contributed by atoms with E-state index in [1.54, 1.807) is 13.2 Å². The van der Waals surface area contributed by atoms with Crippen molar-refractivity contribution in [2.45, 2.75) is 24.6 Å². The number of carbonyl (C=O) groups excluding carboxylic acids is 1. The van der Waals surface area contributed by atoms with Crippen molar-refractivity contribution < 1.29 is 13.6 Å². The van der Waals surface area contributed by atoms with Crippen molar-refractivity contribution in [3.63, 3.8) is 0 Å². The topological polar surface area (TPSA) is 92.9 Å². The number of halogens is 2. The van der Waals surface area contributed by atoms with E-state index in [-0.39, 0.29) is 16.5 Å². The van der Waals surface area contributed by atoms with Crippen molar-refractivity contribution in [2.24, 2.45) is 10.1 Å². The molecule has 0 spiro atoms. The Morgan fingerprint density at radius 1 is 1.28 bits per heavy atom. The fourth-order valence-corrected chi connectivity index (χ4v) is 4.90. The third-order valence-corrected chi connectivity index (χ3v) is 6.31. The highest BCUT2D eigenvalue weighted by Crippen LogP contribution is 2.50. The number of carbonyl (C=O) groups is 1. The average molecular weight is 457 g/mol. The zero-order valence-corrected chi connectivity index (χ0v) is 18.4. The Morgan fingerprint density at radius 3 is 2.69 bits per heavy atom. The smallest absolute Gasteiger partial charge is 0.241 e. The molecule has 2 N–H and O–H groups in total. The summed E-state index contributed by atoms with van der Waals surface area (Å²) in [5.41, 5.74) is 0.825. The lowest BCUT2D eigenvalue weighted by molar-refractivity contribution is -0.132. The Labute approximate surface area is 189 Å². The van der Waals surface area contributed by atoms with Crippen LogP contribution >= 0.6 is 11.8 Å². The molecule has 0 aromatic heterocycles. The first-order valence-corrected chi connectivity index (χ1v) is 10.7. The summed E-state index contributed by atoms with van der Waals surface area (Å²) in [6.45, 7) is 1.86. The van der Waals surface area contributed by atoms with E-state index in [1.165, 1.54) is 23.7 Å². The van der Waals surface area contributed by atoms with Crippen LogP contribution in [0.25, 0.3) is 0 Å². The van der Waals surface area contributed by atoms with Gasteiger partial charge in [-0.1, -0.05) is 42.1 Å². The molecule has 0 saturated heterocycles. The minimum atomic E-state index is -0.935. The molecule has 10 heteroatoms. The van der Waals surface area contributed by atoms with E-state index in [0.717, 1.165) is 23.8 Å². The molecule has 1 heterocycles. The van der Waals surface area contributed by atoms with Crippen molar-refractivity contribution >= 4 is 28.7 Å². The largest absolute Gasteiger partial charge is 0.356 e. The number of nitrogens with one attached hydrogen (secondary N) is 2. The van der Waals surface area contributed by atoms with Crippen LogP contribution in [0.5, 0.6) is 0 Å². The molecule has 32 heavy (non-hydrogen) atoms. The summed E-state index contributed by atoms with van der Waals surface area (Å²) in [7, 11) is 1.55. The van der Waals surface area contributed by atoms with Gasteiger partial charge in [-0.2, -0.15) is 10.4 Å². The number of rotatable bonds is 6. The highest BCUT2D eigenvalue weighted by molar-refractivity contribution is 8.15. The Bertz CT molecular complexity index is 1090. The summed E-state index contributed by atoms with van der Waals surface area (Å²) in [4.78, 5) is 15.6. The zero-order valence-electron chi connectivity index (χ0n) is 17.6. The summed E-state index contributed by atoms with van der Waals surface area (Å²) in [6.07, 6.45) is 2.84. The third kappa shape index (κ3) is 4.89. The van der Waals surface area contributed by atoms with Crippen LogP contribution < -0.4 is 10.6 Å². The Morgan fingerprint density at radius 2 is 2.03 bits per heavy atom. The molecular formula is C22H22F2N6OS. The Kier molecular flexibility index (Phi) is 7.43. The van der Waals surface area contributed by atoms with Crippen molar-refractivity contribution in [2.75, 3.05) is 13.6 Å². The molecular weight excluding hydrogens is 434 g/mol. The van der Waals surface area contributed by atoms with Gasteiger partial charge in [0, 0.05) is 26.1 Å². The number of guanidine groups is 1. The molecule has 2 aromatic carbocycles. The normalized spacial score (nSPS) is 18.2. The molecule has 0 bridgehead atoms. The molecule has 0 radical (unpaired) electrons. The molecule has 1 unspecified atom stereocenters. The number of benzene rings is 2. The maximum absolute atomic E-state index is 14.5. The van der Waals surface area contributed by atoms with Crippen LogP contribution in [0.4, 0.5) is 8.78 Å². The maximum atomic E-state index is 14.5. The van der Waals surface area contributed by atoms with Gasteiger partial charge in [0.25, 0.3) is 0 Å². The van der Waals surface area contributed by atoms with Crippen LogP contribution in [0.3, 0.4) is 0 Å². The van der Waals surface area contributed by atoms with E-state index >= 15 is 0 Å². The number of hydrogen-bond acceptors (Lipinski definition) is 5. The highest BCUT2D eigenvalue weighted by Gasteiger charge is 2.47. The van der Waals surface area contributed by atoms with E-state index in [4.69, 9.17) is 5.26 Å². The van der Waals surface area contributed by atoms with E-state index in [1.807, 2.05) is 30.3 Å². The van der Waals surface area contributed by atoms with Crippen LogP contribution in [-0.4, -0.2) is 35.5 Å². The van der Waals surface area contributed by atoms with Crippen LogP contribution in [-0.2, 0) is 9.67 Å². The molecule has 2 aromatic rings. The first-order valence-electron chi connectivity index (χ1n) is 9.86. The molecule has 1 aliphatic heterocycles. The first-order chi connectivity index (χ1) is 15.4. The molecule has 166 valence electrons. The number of aliphatic imine (C=N–C) groups is 1. The number of nitrogens with zero attached hydrogens (tertiary/aromatic N) is 4. The van der Waals surface area contributed by atoms with E-state index in [2.05, 4.69) is 20.7 Å². The molecule has 1 atom stereocenters. The van der Waals surface area contributed by atoms with Gasteiger partial charge in [-0.25, -0.2) is 13.8 Å². The van der Waals surface area contributed by atoms with Crippen LogP contribution in [0, 0.1) is 23.1 Å². The second-order valence-electron chi connectivity index (χ2n) is 6.95. The quantitative estimate of drug-likeness (QED) is 0.228. The minimum absolute atomic E-state index is 0.0100.